The summed E-state index contributed by atoms with van der Waals surface area (Å²) in [6.45, 7) is 0. The summed E-state index contributed by atoms with van der Waals surface area (Å²) in [5, 5.41) is 1.74. The van der Waals surface area contributed by atoms with Crippen LogP contribution in [0.1, 0.15) is 11.3 Å². The number of methoxy groups -OCH3 is 1. The van der Waals surface area contributed by atoms with Crippen LogP contribution in [0.25, 0.3) is 11.3 Å². The van der Waals surface area contributed by atoms with E-state index >= 15 is 0 Å². The van der Waals surface area contributed by atoms with Gasteiger partial charge in [0.25, 0.3) is 0 Å². The van der Waals surface area contributed by atoms with Gasteiger partial charge in [-0.2, -0.15) is 26.3 Å². The second-order valence-corrected chi connectivity index (χ2v) is 8.03. The van der Waals surface area contributed by atoms with Crippen LogP contribution in [0.15, 0.2) is 53.7 Å². The molecule has 0 saturated heterocycles. The number of anilines is 1. The monoisotopic (exact) mass is 521 g/mol. The number of hydrogen-bond donors (Lipinski definition) is 1. The molecule has 0 bridgehead atoms. The van der Waals surface area contributed by atoms with E-state index in [0.29, 0.717) is 29.1 Å². The van der Waals surface area contributed by atoms with E-state index in [0.717, 1.165) is 18.2 Å². The molecule has 0 spiro atoms. The van der Waals surface area contributed by atoms with E-state index in [1.807, 2.05) is 0 Å². The minimum Gasteiger partial charge on any atom is -0.497 e. The molecule has 3 rings (SSSR count). The first-order valence-corrected chi connectivity index (χ1v) is 10.6. The number of benzene rings is 2. The van der Waals surface area contributed by atoms with Crippen molar-refractivity contribution in [2.24, 2.45) is 0 Å². The predicted molar refractivity (Wildman–Crippen MR) is 115 cm³/mol. The average Bonchev–Trinajstić information content (AvgIpc) is 2.77. The van der Waals surface area contributed by atoms with Crippen molar-refractivity contribution in [3.8, 4) is 17.0 Å². The van der Waals surface area contributed by atoms with Gasteiger partial charge >= 0.3 is 12.4 Å². The Kier molecular flexibility index (Phi) is 7.61. The number of alkyl halides is 6. The highest BCUT2D eigenvalue weighted by Gasteiger charge is 2.34. The molecule has 0 fully saturated rings. The zero-order valence-electron chi connectivity index (χ0n) is 17.1. The highest BCUT2D eigenvalue weighted by molar-refractivity contribution is 7.99. The van der Waals surface area contributed by atoms with E-state index in [2.05, 4.69) is 15.3 Å². The van der Waals surface area contributed by atoms with E-state index in [-0.39, 0.29) is 21.6 Å². The minimum absolute atomic E-state index is 0.0335. The molecule has 2 aromatic carbocycles. The Balaban J connectivity index is 1.80. The van der Waals surface area contributed by atoms with Gasteiger partial charge in [0.2, 0.25) is 5.91 Å². The first-order valence-electron chi connectivity index (χ1n) is 9.27. The Morgan fingerprint density at radius 3 is 2.26 bits per heavy atom. The van der Waals surface area contributed by atoms with Crippen LogP contribution in [-0.2, 0) is 17.1 Å². The molecule has 0 aliphatic rings. The Hall–Kier alpha value is -2.99. The molecule has 13 heteroatoms. The predicted octanol–water partition coefficient (Wildman–Crippen LogP) is 6.57. The quantitative estimate of drug-likeness (QED) is 0.226. The van der Waals surface area contributed by atoms with E-state index in [4.69, 9.17) is 16.3 Å². The summed E-state index contributed by atoms with van der Waals surface area (Å²) in [6.07, 6.45) is -9.42. The molecule has 0 radical (unpaired) electrons. The number of carbonyl (C=O) groups is 1. The first-order chi connectivity index (χ1) is 15.9. The van der Waals surface area contributed by atoms with Gasteiger partial charge in [0.15, 0.2) is 5.16 Å². The molecule has 0 saturated carbocycles. The van der Waals surface area contributed by atoms with Crippen molar-refractivity contribution in [1.29, 1.82) is 0 Å². The van der Waals surface area contributed by atoms with Crippen molar-refractivity contribution in [3.63, 3.8) is 0 Å². The Labute approximate surface area is 198 Å². The van der Waals surface area contributed by atoms with Crippen LogP contribution in [-0.4, -0.2) is 28.7 Å². The van der Waals surface area contributed by atoms with Crippen molar-refractivity contribution in [2.75, 3.05) is 18.2 Å². The summed E-state index contributed by atoms with van der Waals surface area (Å²) in [7, 11) is 1.44. The fraction of sp³-hybridized carbons (Fsp3) is 0.190. The number of thioether (sulfide) groups is 1. The lowest BCUT2D eigenvalue weighted by Crippen LogP contribution is -2.16. The molecule has 5 nitrogen and oxygen atoms in total. The Morgan fingerprint density at radius 2 is 1.68 bits per heavy atom. The first kappa shape index (κ1) is 25.6. The molecule has 1 aromatic heterocycles. The zero-order valence-corrected chi connectivity index (χ0v) is 18.7. The number of nitrogens with one attached hydrogen (secondary N) is 1. The fourth-order valence-corrected chi connectivity index (χ4v) is 3.48. The molecular formula is C21H14ClF6N3O2S. The summed E-state index contributed by atoms with van der Waals surface area (Å²) >= 11 is 6.43. The zero-order chi connectivity index (χ0) is 25.1. The van der Waals surface area contributed by atoms with Crippen LogP contribution in [0.4, 0.5) is 32.0 Å². The van der Waals surface area contributed by atoms with Gasteiger partial charge in [-0.05, 0) is 48.5 Å². The number of nitrogens with zero attached hydrogens (tertiary/aromatic N) is 2. The molecule has 3 aromatic rings. The summed E-state index contributed by atoms with van der Waals surface area (Å²) in [4.78, 5) is 19.8. The smallest absolute Gasteiger partial charge is 0.433 e. The molecule has 1 amide bonds. The van der Waals surface area contributed by atoms with Crippen LogP contribution in [0.5, 0.6) is 5.75 Å². The SMILES string of the molecule is COc1ccc(-c2cc(C(F)(F)F)nc(SCC(=O)Nc3cc(C(F)(F)F)ccc3Cl)n2)cc1. The van der Waals surface area contributed by atoms with Crippen LogP contribution in [0.3, 0.4) is 0 Å². The largest absolute Gasteiger partial charge is 0.497 e. The van der Waals surface area contributed by atoms with E-state index < -0.39 is 35.3 Å². The summed E-state index contributed by atoms with van der Waals surface area (Å²) < 4.78 is 83.7. The number of hydrogen-bond acceptors (Lipinski definition) is 5. The van der Waals surface area contributed by atoms with Crippen molar-refractivity contribution < 1.29 is 35.9 Å². The standard InChI is InChI=1S/C21H14ClF6N3O2S/c1-33-13-5-2-11(3-6-13)15-9-17(21(26,27)28)31-19(30-15)34-10-18(32)29-16-8-12(20(23,24)25)4-7-14(16)22/h2-9H,10H2,1H3,(H,29,32). The lowest BCUT2D eigenvalue weighted by molar-refractivity contribution is -0.141. The fourth-order valence-electron chi connectivity index (χ4n) is 2.66. The van der Waals surface area contributed by atoms with Crippen molar-refractivity contribution in [1.82, 2.24) is 9.97 Å². The molecular weight excluding hydrogens is 508 g/mol. The number of aromatic nitrogens is 2. The van der Waals surface area contributed by atoms with Gasteiger partial charge in [-0.1, -0.05) is 23.4 Å². The Morgan fingerprint density at radius 1 is 1.00 bits per heavy atom. The van der Waals surface area contributed by atoms with Crippen LogP contribution in [0.2, 0.25) is 5.02 Å². The number of amides is 1. The van der Waals surface area contributed by atoms with Gasteiger partial charge < -0.3 is 10.1 Å². The molecule has 0 aliphatic carbocycles. The molecule has 180 valence electrons. The van der Waals surface area contributed by atoms with Gasteiger partial charge in [-0.3, -0.25) is 4.79 Å². The lowest BCUT2D eigenvalue weighted by Gasteiger charge is -2.12. The van der Waals surface area contributed by atoms with Crippen molar-refractivity contribution in [2.45, 2.75) is 17.5 Å². The molecule has 0 aliphatic heterocycles. The maximum atomic E-state index is 13.3. The lowest BCUT2D eigenvalue weighted by atomic mass is 10.1. The topological polar surface area (TPSA) is 64.1 Å². The average molecular weight is 522 g/mol. The summed E-state index contributed by atoms with van der Waals surface area (Å²) in [5.41, 5.74) is -2.20. The van der Waals surface area contributed by atoms with E-state index in [9.17, 15) is 31.1 Å². The minimum atomic E-state index is -4.77. The van der Waals surface area contributed by atoms with Crippen molar-refractivity contribution >= 4 is 35.0 Å². The molecule has 34 heavy (non-hydrogen) atoms. The van der Waals surface area contributed by atoms with Gasteiger partial charge in [0.1, 0.15) is 11.4 Å². The van der Waals surface area contributed by atoms with Gasteiger partial charge in [-0.15, -0.1) is 0 Å². The van der Waals surface area contributed by atoms with E-state index in [1.165, 1.54) is 19.2 Å². The molecule has 0 atom stereocenters. The second-order valence-electron chi connectivity index (χ2n) is 6.68. The maximum absolute atomic E-state index is 13.3. The van der Waals surface area contributed by atoms with Crippen molar-refractivity contribution in [3.05, 3.63) is 64.8 Å². The highest BCUT2D eigenvalue weighted by Crippen LogP contribution is 2.35. The number of carbonyl (C=O) groups excluding carboxylic acids is 1. The van der Waals surface area contributed by atoms with Crippen LogP contribution in [0, 0.1) is 0 Å². The van der Waals surface area contributed by atoms with Gasteiger partial charge in [0, 0.05) is 5.56 Å². The third kappa shape index (κ3) is 6.54. The molecule has 0 unspecified atom stereocenters. The summed E-state index contributed by atoms with van der Waals surface area (Å²) in [5.74, 6) is -0.790. The molecule has 1 heterocycles. The Bertz CT molecular complexity index is 1190. The third-order valence-electron chi connectivity index (χ3n) is 4.28. The van der Waals surface area contributed by atoms with Crippen LogP contribution >= 0.6 is 23.4 Å². The molecule has 1 N–H and O–H groups in total. The van der Waals surface area contributed by atoms with Crippen LogP contribution < -0.4 is 10.1 Å². The normalized spacial score (nSPS) is 11.9. The number of ether oxygens (including phenoxy) is 1. The van der Waals surface area contributed by atoms with Gasteiger partial charge in [0.05, 0.1) is 34.8 Å². The van der Waals surface area contributed by atoms with E-state index in [1.54, 1.807) is 12.1 Å². The third-order valence-corrected chi connectivity index (χ3v) is 5.46. The highest BCUT2D eigenvalue weighted by atomic mass is 35.5. The maximum Gasteiger partial charge on any atom is 0.433 e. The number of halogens is 7. The number of rotatable bonds is 6. The second kappa shape index (κ2) is 10.1. The summed E-state index contributed by atoms with van der Waals surface area (Å²) in [6, 6.07) is 9.28. The van der Waals surface area contributed by atoms with Gasteiger partial charge in [-0.25, -0.2) is 9.97 Å².